The van der Waals surface area contributed by atoms with Gasteiger partial charge in [-0.1, -0.05) is 22.0 Å². The SMILES string of the molecule is COc1cc(NC(=O)CCCOc2cccc(Br)c2)cc(OC)c1. The topological polar surface area (TPSA) is 56.8 Å². The van der Waals surface area contributed by atoms with Crippen LogP contribution < -0.4 is 19.5 Å². The minimum absolute atomic E-state index is 0.0804. The smallest absolute Gasteiger partial charge is 0.224 e. The Labute approximate surface area is 150 Å². The van der Waals surface area contributed by atoms with Crippen LogP contribution in [0, 0.1) is 0 Å². The number of methoxy groups -OCH3 is 2. The van der Waals surface area contributed by atoms with Gasteiger partial charge >= 0.3 is 0 Å². The molecule has 0 saturated carbocycles. The van der Waals surface area contributed by atoms with Gasteiger partial charge in [-0.3, -0.25) is 4.79 Å². The van der Waals surface area contributed by atoms with E-state index in [4.69, 9.17) is 14.2 Å². The van der Waals surface area contributed by atoms with E-state index >= 15 is 0 Å². The average Bonchev–Trinajstić information content (AvgIpc) is 2.58. The van der Waals surface area contributed by atoms with Crippen LogP contribution in [0.5, 0.6) is 17.2 Å². The lowest BCUT2D eigenvalue weighted by Crippen LogP contribution is -2.13. The number of carbonyl (C=O) groups excluding carboxylic acids is 1. The predicted molar refractivity (Wildman–Crippen MR) is 97.0 cm³/mol. The number of amides is 1. The van der Waals surface area contributed by atoms with Crippen molar-refractivity contribution in [1.29, 1.82) is 0 Å². The van der Waals surface area contributed by atoms with E-state index in [1.807, 2.05) is 24.3 Å². The summed E-state index contributed by atoms with van der Waals surface area (Å²) < 4.78 is 16.9. The number of rotatable bonds is 8. The summed E-state index contributed by atoms with van der Waals surface area (Å²) >= 11 is 3.39. The molecule has 1 amide bonds. The second-order valence-corrected chi connectivity index (χ2v) is 5.97. The second kappa shape index (κ2) is 9.17. The Kier molecular flexibility index (Phi) is 6.93. The predicted octanol–water partition coefficient (Wildman–Crippen LogP) is 4.26. The zero-order valence-electron chi connectivity index (χ0n) is 13.7. The van der Waals surface area contributed by atoms with Gasteiger partial charge in [0.25, 0.3) is 0 Å². The fraction of sp³-hybridized carbons (Fsp3) is 0.278. The lowest BCUT2D eigenvalue weighted by atomic mass is 10.2. The Hall–Kier alpha value is -2.21. The van der Waals surface area contributed by atoms with Crippen LogP contribution in [0.1, 0.15) is 12.8 Å². The molecule has 24 heavy (non-hydrogen) atoms. The van der Waals surface area contributed by atoms with Gasteiger partial charge in [-0.25, -0.2) is 0 Å². The fourth-order valence-corrected chi connectivity index (χ4v) is 2.46. The second-order valence-electron chi connectivity index (χ2n) is 5.06. The number of carbonyl (C=O) groups is 1. The molecule has 2 rings (SSSR count). The van der Waals surface area contributed by atoms with Gasteiger partial charge < -0.3 is 19.5 Å². The van der Waals surface area contributed by atoms with E-state index in [9.17, 15) is 4.79 Å². The molecule has 0 atom stereocenters. The van der Waals surface area contributed by atoms with Crippen LogP contribution in [0.2, 0.25) is 0 Å². The minimum atomic E-state index is -0.0804. The molecule has 0 aliphatic rings. The van der Waals surface area contributed by atoms with Gasteiger partial charge in [0, 0.05) is 34.8 Å². The Morgan fingerprint density at radius 1 is 1.04 bits per heavy atom. The lowest BCUT2D eigenvalue weighted by Gasteiger charge is -2.10. The maximum absolute atomic E-state index is 12.0. The summed E-state index contributed by atoms with van der Waals surface area (Å²) in [4.78, 5) is 12.0. The maximum Gasteiger partial charge on any atom is 0.224 e. The van der Waals surface area contributed by atoms with Gasteiger partial charge in [0.15, 0.2) is 0 Å². The van der Waals surface area contributed by atoms with E-state index in [1.165, 1.54) is 0 Å². The molecular formula is C18H20BrNO4. The molecule has 0 spiro atoms. The molecule has 0 unspecified atom stereocenters. The van der Waals surface area contributed by atoms with Crippen LogP contribution in [-0.2, 0) is 4.79 Å². The van der Waals surface area contributed by atoms with Crippen molar-refractivity contribution in [2.75, 3.05) is 26.1 Å². The molecule has 0 aliphatic carbocycles. The number of hydrogen-bond acceptors (Lipinski definition) is 4. The molecule has 0 radical (unpaired) electrons. The third kappa shape index (κ3) is 5.77. The third-order valence-corrected chi connectivity index (χ3v) is 3.74. The van der Waals surface area contributed by atoms with E-state index in [0.717, 1.165) is 10.2 Å². The van der Waals surface area contributed by atoms with Crippen molar-refractivity contribution in [2.24, 2.45) is 0 Å². The van der Waals surface area contributed by atoms with E-state index in [-0.39, 0.29) is 5.91 Å². The van der Waals surface area contributed by atoms with E-state index in [2.05, 4.69) is 21.2 Å². The van der Waals surface area contributed by atoms with E-state index in [1.54, 1.807) is 32.4 Å². The highest BCUT2D eigenvalue weighted by Gasteiger charge is 2.06. The van der Waals surface area contributed by atoms with E-state index in [0.29, 0.717) is 36.6 Å². The molecule has 2 aromatic carbocycles. The average molecular weight is 394 g/mol. The van der Waals surface area contributed by atoms with Gasteiger partial charge in [-0.2, -0.15) is 0 Å². The van der Waals surface area contributed by atoms with Gasteiger partial charge in [0.1, 0.15) is 17.2 Å². The zero-order chi connectivity index (χ0) is 17.4. The zero-order valence-corrected chi connectivity index (χ0v) is 15.3. The summed E-state index contributed by atoms with van der Waals surface area (Å²) in [5.41, 5.74) is 0.643. The summed E-state index contributed by atoms with van der Waals surface area (Å²) in [6.07, 6.45) is 0.993. The Morgan fingerprint density at radius 3 is 2.38 bits per heavy atom. The van der Waals surface area contributed by atoms with Crippen LogP contribution >= 0.6 is 15.9 Å². The van der Waals surface area contributed by atoms with Gasteiger partial charge in [0.2, 0.25) is 5.91 Å². The summed E-state index contributed by atoms with van der Waals surface area (Å²) in [7, 11) is 3.14. The fourth-order valence-electron chi connectivity index (χ4n) is 2.08. The Morgan fingerprint density at radius 2 is 1.75 bits per heavy atom. The molecule has 0 heterocycles. The molecule has 0 bridgehead atoms. The van der Waals surface area contributed by atoms with Gasteiger partial charge in [0.05, 0.1) is 20.8 Å². The van der Waals surface area contributed by atoms with Gasteiger partial charge in [-0.05, 0) is 24.6 Å². The van der Waals surface area contributed by atoms with Crippen molar-refractivity contribution in [3.63, 3.8) is 0 Å². The molecular weight excluding hydrogens is 374 g/mol. The summed E-state index contributed by atoms with van der Waals surface area (Å²) in [5.74, 6) is 1.95. The molecule has 0 fully saturated rings. The van der Waals surface area contributed by atoms with Crippen LogP contribution in [-0.4, -0.2) is 26.7 Å². The molecule has 6 heteroatoms. The van der Waals surface area contributed by atoms with Crippen molar-refractivity contribution >= 4 is 27.5 Å². The Bertz CT molecular complexity index is 668. The van der Waals surface area contributed by atoms with Crippen molar-refractivity contribution in [1.82, 2.24) is 0 Å². The maximum atomic E-state index is 12.0. The standard InChI is InChI=1S/C18H20BrNO4/c1-22-16-10-14(11-17(12-16)23-2)20-18(21)7-4-8-24-15-6-3-5-13(19)9-15/h3,5-6,9-12H,4,7-8H2,1-2H3,(H,20,21). The largest absolute Gasteiger partial charge is 0.497 e. The monoisotopic (exact) mass is 393 g/mol. The number of ether oxygens (including phenoxy) is 3. The van der Waals surface area contributed by atoms with Crippen molar-refractivity contribution in [3.8, 4) is 17.2 Å². The third-order valence-electron chi connectivity index (χ3n) is 3.25. The summed E-state index contributed by atoms with van der Waals surface area (Å²) in [5, 5.41) is 2.84. The highest BCUT2D eigenvalue weighted by atomic mass is 79.9. The van der Waals surface area contributed by atoms with Crippen LogP contribution in [0.4, 0.5) is 5.69 Å². The normalized spacial score (nSPS) is 10.1. The molecule has 2 aromatic rings. The number of nitrogens with one attached hydrogen (secondary N) is 1. The first-order valence-corrected chi connectivity index (χ1v) is 8.31. The first-order chi connectivity index (χ1) is 11.6. The summed E-state index contributed by atoms with van der Waals surface area (Å²) in [6.45, 7) is 0.477. The number of anilines is 1. The molecule has 128 valence electrons. The molecule has 0 aromatic heterocycles. The first-order valence-electron chi connectivity index (χ1n) is 7.52. The number of hydrogen-bond donors (Lipinski definition) is 1. The molecule has 1 N–H and O–H groups in total. The van der Waals surface area contributed by atoms with Crippen LogP contribution in [0.3, 0.4) is 0 Å². The van der Waals surface area contributed by atoms with Crippen LogP contribution in [0.15, 0.2) is 46.9 Å². The summed E-state index contributed by atoms with van der Waals surface area (Å²) in [6, 6.07) is 12.9. The highest BCUT2D eigenvalue weighted by molar-refractivity contribution is 9.10. The quantitative estimate of drug-likeness (QED) is 0.680. The van der Waals surface area contributed by atoms with Crippen molar-refractivity contribution in [2.45, 2.75) is 12.8 Å². The van der Waals surface area contributed by atoms with E-state index < -0.39 is 0 Å². The van der Waals surface area contributed by atoms with Crippen LogP contribution in [0.25, 0.3) is 0 Å². The Balaban J connectivity index is 1.79. The van der Waals surface area contributed by atoms with Crippen molar-refractivity contribution in [3.05, 3.63) is 46.9 Å². The number of halogens is 1. The van der Waals surface area contributed by atoms with Gasteiger partial charge in [-0.15, -0.1) is 0 Å². The lowest BCUT2D eigenvalue weighted by molar-refractivity contribution is -0.116. The number of benzene rings is 2. The molecule has 5 nitrogen and oxygen atoms in total. The minimum Gasteiger partial charge on any atom is -0.497 e. The first kappa shape index (κ1) is 18.1. The molecule has 0 saturated heterocycles. The van der Waals surface area contributed by atoms with Crippen molar-refractivity contribution < 1.29 is 19.0 Å². The highest BCUT2D eigenvalue weighted by Crippen LogP contribution is 2.26. The molecule has 0 aliphatic heterocycles.